The Kier molecular flexibility index (Phi) is 7.10. The predicted octanol–water partition coefficient (Wildman–Crippen LogP) is 3.37. The number of aromatic nitrogens is 3. The minimum absolute atomic E-state index is 0.222. The summed E-state index contributed by atoms with van der Waals surface area (Å²) in [4.78, 5) is 21.6. The van der Waals surface area contributed by atoms with E-state index in [-0.39, 0.29) is 5.91 Å². The van der Waals surface area contributed by atoms with Crippen LogP contribution >= 0.6 is 0 Å². The van der Waals surface area contributed by atoms with Crippen molar-refractivity contribution in [2.24, 2.45) is 0 Å². The van der Waals surface area contributed by atoms with Crippen molar-refractivity contribution >= 4 is 5.91 Å². The van der Waals surface area contributed by atoms with Crippen LogP contribution in [-0.2, 0) is 17.6 Å². The van der Waals surface area contributed by atoms with Crippen LogP contribution in [0, 0.1) is 0 Å². The molecule has 0 radical (unpaired) electrons. The first-order valence-electron chi connectivity index (χ1n) is 11.2. The van der Waals surface area contributed by atoms with E-state index < -0.39 is 0 Å². The average molecular weight is 418 g/mol. The molecule has 2 aromatic heterocycles. The number of rotatable bonds is 8. The highest BCUT2D eigenvalue weighted by molar-refractivity contribution is 5.76. The summed E-state index contributed by atoms with van der Waals surface area (Å²) >= 11 is 0. The van der Waals surface area contributed by atoms with E-state index in [9.17, 15) is 4.79 Å². The van der Waals surface area contributed by atoms with Crippen molar-refractivity contribution in [1.82, 2.24) is 24.6 Å². The Hall–Kier alpha value is -2.99. The van der Waals surface area contributed by atoms with Gasteiger partial charge in [0, 0.05) is 63.7 Å². The molecule has 1 aromatic carbocycles. The van der Waals surface area contributed by atoms with Gasteiger partial charge in [0.2, 0.25) is 5.91 Å². The van der Waals surface area contributed by atoms with Gasteiger partial charge in [-0.05, 0) is 49.1 Å². The van der Waals surface area contributed by atoms with Gasteiger partial charge in [0.15, 0.2) is 0 Å². The van der Waals surface area contributed by atoms with Crippen LogP contribution in [0.3, 0.4) is 0 Å². The number of hydrogen-bond donors (Lipinski definition) is 0. The average Bonchev–Trinajstić information content (AvgIpc) is 3.31. The Morgan fingerprint density at radius 1 is 1.06 bits per heavy atom. The zero-order chi connectivity index (χ0) is 21.5. The van der Waals surface area contributed by atoms with E-state index in [4.69, 9.17) is 0 Å². The monoisotopic (exact) mass is 417 g/mol. The van der Waals surface area contributed by atoms with E-state index in [1.54, 1.807) is 0 Å². The molecule has 0 spiro atoms. The summed E-state index contributed by atoms with van der Waals surface area (Å²) in [5, 5.41) is 4.43. The van der Waals surface area contributed by atoms with Crippen LogP contribution in [0.2, 0.25) is 0 Å². The number of nitrogens with zero attached hydrogens (tertiary/aromatic N) is 5. The van der Waals surface area contributed by atoms with E-state index >= 15 is 0 Å². The third kappa shape index (κ3) is 5.79. The second-order valence-electron chi connectivity index (χ2n) is 8.28. The van der Waals surface area contributed by atoms with Crippen molar-refractivity contribution < 1.29 is 4.79 Å². The van der Waals surface area contributed by atoms with E-state index in [1.165, 1.54) is 0 Å². The fourth-order valence-electron chi connectivity index (χ4n) is 4.19. The number of para-hydroxylation sites is 1. The molecule has 6 heteroatoms. The Labute approximate surface area is 184 Å². The molecule has 0 atom stereocenters. The maximum atomic E-state index is 12.8. The van der Waals surface area contributed by atoms with Crippen molar-refractivity contribution in [2.75, 3.05) is 26.7 Å². The molecule has 1 aliphatic heterocycles. The predicted molar refractivity (Wildman–Crippen MR) is 122 cm³/mol. The van der Waals surface area contributed by atoms with Gasteiger partial charge in [-0.2, -0.15) is 5.10 Å². The smallest absolute Gasteiger partial charge is 0.222 e. The largest absolute Gasteiger partial charge is 0.343 e. The maximum Gasteiger partial charge on any atom is 0.222 e. The van der Waals surface area contributed by atoms with Gasteiger partial charge in [0.05, 0.1) is 11.9 Å². The normalized spacial score (nSPS) is 15.1. The molecule has 3 aromatic rings. The topological polar surface area (TPSA) is 54.3 Å². The molecule has 162 valence electrons. The first kappa shape index (κ1) is 21.2. The molecule has 0 N–H and O–H groups in total. The molecule has 1 aliphatic rings. The lowest BCUT2D eigenvalue weighted by Crippen LogP contribution is -2.46. The van der Waals surface area contributed by atoms with Gasteiger partial charge >= 0.3 is 0 Å². The van der Waals surface area contributed by atoms with Gasteiger partial charge in [0.25, 0.3) is 0 Å². The highest BCUT2D eigenvalue weighted by Crippen LogP contribution is 2.17. The molecule has 3 heterocycles. The molecular weight excluding hydrogens is 386 g/mol. The van der Waals surface area contributed by atoms with Crippen LogP contribution < -0.4 is 0 Å². The quantitative estimate of drug-likeness (QED) is 0.564. The van der Waals surface area contributed by atoms with Crippen LogP contribution in [0.15, 0.2) is 67.1 Å². The third-order valence-corrected chi connectivity index (χ3v) is 6.19. The lowest BCUT2D eigenvalue weighted by Gasteiger charge is -2.36. The number of carbonyl (C=O) groups is 1. The fraction of sp³-hybridized carbons (Fsp3) is 0.400. The zero-order valence-electron chi connectivity index (χ0n) is 18.2. The summed E-state index contributed by atoms with van der Waals surface area (Å²) in [7, 11) is 1.96. The first-order valence-corrected chi connectivity index (χ1v) is 11.2. The van der Waals surface area contributed by atoms with E-state index in [0.717, 1.165) is 62.3 Å². The van der Waals surface area contributed by atoms with Gasteiger partial charge in [-0.15, -0.1) is 0 Å². The van der Waals surface area contributed by atoms with E-state index in [1.807, 2.05) is 77.7 Å². The zero-order valence-corrected chi connectivity index (χ0v) is 18.2. The van der Waals surface area contributed by atoms with Crippen LogP contribution in [0.5, 0.6) is 0 Å². The first-order chi connectivity index (χ1) is 15.2. The Balaban J connectivity index is 1.20. The summed E-state index contributed by atoms with van der Waals surface area (Å²) < 4.78 is 1.87. The van der Waals surface area contributed by atoms with Crippen LogP contribution in [0.1, 0.15) is 30.5 Å². The number of carbonyl (C=O) groups excluding carboxylic acids is 1. The Bertz CT molecular complexity index is 948. The van der Waals surface area contributed by atoms with Gasteiger partial charge in [0.1, 0.15) is 0 Å². The molecule has 0 bridgehead atoms. The highest BCUT2D eigenvalue weighted by Gasteiger charge is 2.25. The van der Waals surface area contributed by atoms with Crippen LogP contribution in [0.4, 0.5) is 0 Å². The van der Waals surface area contributed by atoms with Crippen molar-refractivity contribution in [3.63, 3.8) is 0 Å². The number of pyridine rings is 1. The maximum absolute atomic E-state index is 12.8. The number of benzene rings is 1. The number of aryl methyl sites for hydroxylation is 1. The second-order valence-corrected chi connectivity index (χ2v) is 8.28. The Morgan fingerprint density at radius 3 is 2.58 bits per heavy atom. The minimum atomic E-state index is 0.222. The lowest BCUT2D eigenvalue weighted by atomic mass is 10.0. The number of piperidine rings is 1. The van der Waals surface area contributed by atoms with Gasteiger partial charge in [-0.1, -0.05) is 24.3 Å². The fourth-order valence-corrected chi connectivity index (χ4v) is 4.19. The Morgan fingerprint density at radius 2 is 1.84 bits per heavy atom. The number of amides is 1. The summed E-state index contributed by atoms with van der Waals surface area (Å²) in [5.41, 5.74) is 3.27. The van der Waals surface area contributed by atoms with Crippen molar-refractivity contribution in [3.05, 3.63) is 78.4 Å². The van der Waals surface area contributed by atoms with Crippen LogP contribution in [-0.4, -0.2) is 63.2 Å². The molecular formula is C25H31N5O. The third-order valence-electron chi connectivity index (χ3n) is 6.19. The van der Waals surface area contributed by atoms with Crippen molar-refractivity contribution in [2.45, 2.75) is 38.1 Å². The molecule has 31 heavy (non-hydrogen) atoms. The van der Waals surface area contributed by atoms with Gasteiger partial charge < -0.3 is 9.80 Å². The molecule has 1 saturated heterocycles. The number of hydrogen-bond acceptors (Lipinski definition) is 4. The standard InChI is InChI=1S/C25H31N5O/c1-28(23-13-17-29(18-14-23)16-12-22-7-5-6-15-26-22)25(31)11-10-21-19-27-30(20-21)24-8-3-2-4-9-24/h2-9,15,19-20,23H,10-14,16-18H2,1H3. The lowest BCUT2D eigenvalue weighted by molar-refractivity contribution is -0.132. The van der Waals surface area contributed by atoms with Crippen molar-refractivity contribution in [1.29, 1.82) is 0 Å². The van der Waals surface area contributed by atoms with Gasteiger partial charge in [-0.25, -0.2) is 4.68 Å². The summed E-state index contributed by atoms with van der Waals surface area (Å²) in [6.45, 7) is 3.12. The molecule has 1 amide bonds. The molecule has 6 nitrogen and oxygen atoms in total. The molecule has 1 fully saturated rings. The van der Waals surface area contributed by atoms with E-state index in [0.29, 0.717) is 12.5 Å². The van der Waals surface area contributed by atoms with Gasteiger partial charge in [-0.3, -0.25) is 9.78 Å². The summed E-state index contributed by atoms with van der Waals surface area (Å²) in [5.74, 6) is 0.222. The number of likely N-dealkylation sites (tertiary alicyclic amines) is 1. The molecule has 0 saturated carbocycles. The minimum Gasteiger partial charge on any atom is -0.343 e. The van der Waals surface area contributed by atoms with Crippen LogP contribution in [0.25, 0.3) is 5.69 Å². The summed E-state index contributed by atoms with van der Waals surface area (Å²) in [6, 6.07) is 16.5. The SMILES string of the molecule is CN(C(=O)CCc1cnn(-c2ccccc2)c1)C1CCN(CCc2ccccn2)CC1. The summed E-state index contributed by atoms with van der Waals surface area (Å²) in [6.07, 6.45) is 10.0. The molecule has 0 unspecified atom stereocenters. The van der Waals surface area contributed by atoms with E-state index in [2.05, 4.69) is 21.0 Å². The van der Waals surface area contributed by atoms with Crippen molar-refractivity contribution in [3.8, 4) is 5.69 Å². The second kappa shape index (κ2) is 10.4. The molecule has 4 rings (SSSR count). The highest BCUT2D eigenvalue weighted by atomic mass is 16.2. The molecule has 0 aliphatic carbocycles.